The standard InChI is InChI=1S/C74H127NO18/c1-3-5-7-9-11-13-15-17-19-21-23-25-27-28-30-31-33-35-37-39-41-43-45-47-49-51-58(79)57(75-62(80)52-50-48-46-44-42-40-38-36-34-32-29-26-24-22-20-18-16-14-12-10-8-6-4-2)56-88-72-68(86)65(83)70(60(54-77)90-72)93-74-69(87)66(84)71(61(55-78)91-74)92-73-67(85)64(82)63(81)59(53-76)89-73/h6,8,12,14,18,20,24,26,32-35,41,43,49,51,57-61,63-74,76-79,81-87H,3-5,7,9-11,13,15-17,19,21-23,25,27-31,36-40,42,44-48,50,52-56H2,1-2H3,(H,75,80)/b8-6-,14-12-,20-18-,26-24-,34-32-,35-33+,43-41+,51-49+. The SMILES string of the molecule is CC/C=C\C/C=C\C/C=C\C/C=C\C/C=C\CCCCCCCCCC(=O)NC(COC1OC(CO)C(OC2OC(CO)C(OC3OC(CO)C(O)C(O)C3O)C(O)C2O)C(O)C1O)C(O)/C=C/CC/C=C/CC/C=C/CCCCCCCCCCCCCCCCC. The zero-order chi connectivity index (χ0) is 67.5. The highest BCUT2D eigenvalue weighted by atomic mass is 16.8. The molecule has 3 fully saturated rings. The third-order valence-corrected chi connectivity index (χ3v) is 17.3. The summed E-state index contributed by atoms with van der Waals surface area (Å²) in [7, 11) is 0. The van der Waals surface area contributed by atoms with Gasteiger partial charge in [0, 0.05) is 6.42 Å². The molecule has 19 nitrogen and oxygen atoms in total. The number of unbranched alkanes of at least 4 members (excludes halogenated alkanes) is 24. The normalized spacial score (nSPS) is 28.1. The maximum atomic E-state index is 13.4. The predicted octanol–water partition coefficient (Wildman–Crippen LogP) is 10.0. The number of hydrogen-bond acceptors (Lipinski definition) is 18. The molecule has 0 radical (unpaired) electrons. The van der Waals surface area contributed by atoms with Crippen LogP contribution in [0.15, 0.2) is 97.2 Å². The first-order valence-corrected chi connectivity index (χ1v) is 36.0. The highest BCUT2D eigenvalue weighted by molar-refractivity contribution is 5.76. The summed E-state index contributed by atoms with van der Waals surface area (Å²) in [6.07, 6.45) is 45.2. The Morgan fingerprint density at radius 3 is 1.20 bits per heavy atom. The van der Waals surface area contributed by atoms with Gasteiger partial charge in [0.05, 0.1) is 38.6 Å². The number of aliphatic hydroxyl groups excluding tert-OH is 11. The lowest BCUT2D eigenvalue weighted by atomic mass is 9.96. The van der Waals surface area contributed by atoms with Gasteiger partial charge in [-0.25, -0.2) is 0 Å². The van der Waals surface area contributed by atoms with E-state index in [1.165, 1.54) is 96.3 Å². The molecule has 3 rings (SSSR count). The molecule has 0 saturated carbocycles. The molecular formula is C74H127NO18. The van der Waals surface area contributed by atoms with Gasteiger partial charge in [0.15, 0.2) is 18.9 Å². The number of aliphatic hydroxyl groups is 11. The number of allylic oxidation sites excluding steroid dienone is 15. The molecule has 1 amide bonds. The van der Waals surface area contributed by atoms with Crippen molar-refractivity contribution in [2.24, 2.45) is 0 Å². The van der Waals surface area contributed by atoms with E-state index in [-0.39, 0.29) is 18.9 Å². The lowest BCUT2D eigenvalue weighted by Gasteiger charge is -2.48. The van der Waals surface area contributed by atoms with E-state index in [1.807, 2.05) is 6.08 Å². The first-order chi connectivity index (χ1) is 45.3. The van der Waals surface area contributed by atoms with Gasteiger partial charge in [-0.2, -0.15) is 0 Å². The van der Waals surface area contributed by atoms with Gasteiger partial charge in [0.2, 0.25) is 5.91 Å². The molecule has 17 unspecified atom stereocenters. The maximum absolute atomic E-state index is 13.4. The molecule has 12 N–H and O–H groups in total. The quantitative estimate of drug-likeness (QED) is 0.0199. The fourth-order valence-corrected chi connectivity index (χ4v) is 11.5. The number of carbonyl (C=O) groups excluding carboxylic acids is 1. The van der Waals surface area contributed by atoms with E-state index in [1.54, 1.807) is 6.08 Å². The van der Waals surface area contributed by atoms with Crippen LogP contribution in [-0.4, -0.2) is 193 Å². The molecule has 3 aliphatic heterocycles. The van der Waals surface area contributed by atoms with Crippen LogP contribution >= 0.6 is 0 Å². The molecule has 3 saturated heterocycles. The topological polar surface area (TPSA) is 307 Å². The Balaban J connectivity index is 1.46. The average Bonchev–Trinajstić information content (AvgIpc) is 0.814. The second kappa shape index (κ2) is 54.7. The van der Waals surface area contributed by atoms with E-state index < -0.39 is 124 Å². The molecule has 3 heterocycles. The fourth-order valence-electron chi connectivity index (χ4n) is 11.5. The summed E-state index contributed by atoms with van der Waals surface area (Å²) >= 11 is 0. The number of amides is 1. The number of carbonyl (C=O) groups is 1. The fraction of sp³-hybridized carbons (Fsp3) is 0.770. The van der Waals surface area contributed by atoms with Gasteiger partial charge in [0.1, 0.15) is 73.2 Å². The van der Waals surface area contributed by atoms with E-state index in [9.17, 15) is 61.0 Å². The van der Waals surface area contributed by atoms with Crippen LogP contribution in [0.25, 0.3) is 0 Å². The van der Waals surface area contributed by atoms with E-state index in [4.69, 9.17) is 28.4 Å². The lowest BCUT2D eigenvalue weighted by molar-refractivity contribution is -0.379. The molecule has 93 heavy (non-hydrogen) atoms. The van der Waals surface area contributed by atoms with Crippen LogP contribution in [0.2, 0.25) is 0 Å². The first-order valence-electron chi connectivity index (χ1n) is 36.0. The van der Waals surface area contributed by atoms with Gasteiger partial charge < -0.3 is 89.9 Å². The van der Waals surface area contributed by atoms with Crippen LogP contribution in [0.4, 0.5) is 0 Å². The van der Waals surface area contributed by atoms with Gasteiger partial charge in [-0.1, -0.05) is 233 Å². The van der Waals surface area contributed by atoms with E-state index in [0.717, 1.165) is 103 Å². The summed E-state index contributed by atoms with van der Waals surface area (Å²) in [5.74, 6) is -0.304. The molecule has 3 aliphatic rings. The summed E-state index contributed by atoms with van der Waals surface area (Å²) in [5, 5.41) is 121. The van der Waals surface area contributed by atoms with Crippen LogP contribution in [0.1, 0.15) is 232 Å². The van der Waals surface area contributed by atoms with Crippen molar-refractivity contribution in [3.8, 4) is 0 Å². The minimum absolute atomic E-state index is 0.213. The molecule has 0 spiro atoms. The maximum Gasteiger partial charge on any atom is 0.220 e. The Labute approximate surface area is 558 Å². The largest absolute Gasteiger partial charge is 0.394 e. The Morgan fingerprint density at radius 2 is 0.753 bits per heavy atom. The molecule has 0 aromatic heterocycles. The van der Waals surface area contributed by atoms with Crippen molar-refractivity contribution in [3.63, 3.8) is 0 Å². The van der Waals surface area contributed by atoms with Gasteiger partial charge in [0.25, 0.3) is 0 Å². The molecule has 536 valence electrons. The Hall–Kier alpha value is -3.29. The lowest BCUT2D eigenvalue weighted by Crippen LogP contribution is -2.66. The van der Waals surface area contributed by atoms with Gasteiger partial charge in [-0.05, 0) is 89.9 Å². The van der Waals surface area contributed by atoms with Gasteiger partial charge >= 0.3 is 0 Å². The van der Waals surface area contributed by atoms with Gasteiger partial charge in [-0.15, -0.1) is 0 Å². The molecule has 19 heteroatoms. The summed E-state index contributed by atoms with van der Waals surface area (Å²) in [6.45, 7) is 1.59. The smallest absolute Gasteiger partial charge is 0.220 e. The molecule has 0 aliphatic carbocycles. The number of rotatable bonds is 54. The monoisotopic (exact) mass is 1320 g/mol. The van der Waals surface area contributed by atoms with Crippen LogP contribution in [0, 0.1) is 0 Å². The van der Waals surface area contributed by atoms with Crippen LogP contribution in [0.3, 0.4) is 0 Å². The predicted molar refractivity (Wildman–Crippen MR) is 364 cm³/mol. The average molecular weight is 1320 g/mol. The van der Waals surface area contributed by atoms with E-state index >= 15 is 0 Å². The third-order valence-electron chi connectivity index (χ3n) is 17.3. The van der Waals surface area contributed by atoms with Gasteiger partial charge in [-0.3, -0.25) is 4.79 Å². The van der Waals surface area contributed by atoms with Crippen LogP contribution < -0.4 is 5.32 Å². The summed E-state index contributed by atoms with van der Waals surface area (Å²) in [6, 6.07) is -1.01. The Morgan fingerprint density at radius 1 is 0.398 bits per heavy atom. The molecule has 17 atom stereocenters. The number of ether oxygens (including phenoxy) is 6. The van der Waals surface area contributed by atoms with Crippen molar-refractivity contribution in [3.05, 3.63) is 97.2 Å². The first kappa shape index (κ1) is 83.9. The molecule has 0 bridgehead atoms. The van der Waals surface area contributed by atoms with Crippen molar-refractivity contribution in [1.29, 1.82) is 0 Å². The summed E-state index contributed by atoms with van der Waals surface area (Å²) in [4.78, 5) is 13.4. The van der Waals surface area contributed by atoms with Crippen molar-refractivity contribution in [2.45, 2.75) is 336 Å². The van der Waals surface area contributed by atoms with Crippen molar-refractivity contribution < 1.29 is 89.4 Å². The van der Waals surface area contributed by atoms with Crippen LogP contribution in [-0.2, 0) is 33.2 Å². The van der Waals surface area contributed by atoms with Crippen molar-refractivity contribution in [1.82, 2.24) is 5.32 Å². The Bertz CT molecular complexity index is 2060. The second-order valence-corrected chi connectivity index (χ2v) is 25.3. The summed E-state index contributed by atoms with van der Waals surface area (Å²) < 4.78 is 34.3. The Kier molecular flexibility index (Phi) is 49.4. The third kappa shape index (κ3) is 36.2. The minimum Gasteiger partial charge on any atom is -0.394 e. The number of hydrogen-bond donors (Lipinski definition) is 12. The minimum atomic E-state index is -1.99. The summed E-state index contributed by atoms with van der Waals surface area (Å²) in [5.41, 5.74) is 0. The van der Waals surface area contributed by atoms with E-state index in [2.05, 4.69) is 104 Å². The van der Waals surface area contributed by atoms with Crippen molar-refractivity contribution >= 4 is 5.91 Å². The van der Waals surface area contributed by atoms with E-state index in [0.29, 0.717) is 12.8 Å². The number of nitrogens with one attached hydrogen (secondary N) is 1. The zero-order valence-corrected chi connectivity index (χ0v) is 56.7. The highest BCUT2D eigenvalue weighted by Crippen LogP contribution is 2.33. The zero-order valence-electron chi connectivity index (χ0n) is 56.7. The van der Waals surface area contributed by atoms with Crippen LogP contribution in [0.5, 0.6) is 0 Å². The van der Waals surface area contributed by atoms with Crippen molar-refractivity contribution in [2.75, 3.05) is 26.4 Å². The molecule has 0 aromatic rings. The molecular weight excluding hydrogens is 1190 g/mol. The molecule has 0 aromatic carbocycles. The highest BCUT2D eigenvalue weighted by Gasteiger charge is 2.53. The second-order valence-electron chi connectivity index (χ2n) is 25.3.